The van der Waals surface area contributed by atoms with Crippen LogP contribution in [0.15, 0.2) is 42.7 Å². The fourth-order valence-electron chi connectivity index (χ4n) is 1.97. The van der Waals surface area contributed by atoms with E-state index in [1.807, 2.05) is 37.6 Å². The molecule has 0 saturated carbocycles. The van der Waals surface area contributed by atoms with Crippen molar-refractivity contribution in [2.45, 2.75) is 25.9 Å². The molecule has 0 aliphatic rings. The largest absolute Gasteiger partial charge is 0.329 e. The number of nitrogens with zero attached hydrogens (tertiary/aromatic N) is 2. The van der Waals surface area contributed by atoms with Gasteiger partial charge in [0.25, 0.3) is 0 Å². The molecule has 1 aromatic heterocycles. The van der Waals surface area contributed by atoms with Crippen LogP contribution in [0.1, 0.15) is 13.3 Å². The van der Waals surface area contributed by atoms with E-state index >= 15 is 0 Å². The molecule has 3 nitrogen and oxygen atoms in total. The molecule has 0 bridgehead atoms. The van der Waals surface area contributed by atoms with Crippen LogP contribution < -0.4 is 5.32 Å². The average Bonchev–Trinajstić information content (AvgIpc) is 2.85. The van der Waals surface area contributed by atoms with E-state index < -0.39 is 0 Å². The molecule has 0 amide bonds. The van der Waals surface area contributed by atoms with Crippen molar-refractivity contribution in [1.82, 2.24) is 14.9 Å². The fraction of sp³-hybridized carbons (Fsp3) is 0.357. The first kappa shape index (κ1) is 11.9. The Morgan fingerprint density at radius 2 is 2.06 bits per heavy atom. The van der Waals surface area contributed by atoms with Gasteiger partial charge in [0.05, 0.1) is 0 Å². The lowest BCUT2D eigenvalue weighted by molar-refractivity contribution is 0.471. The van der Waals surface area contributed by atoms with Gasteiger partial charge in [-0.25, -0.2) is 4.98 Å². The van der Waals surface area contributed by atoms with E-state index in [1.54, 1.807) is 0 Å². The molecule has 1 unspecified atom stereocenters. The molecule has 0 aliphatic carbocycles. The SMILES string of the molecule is CCC(Cn1ccnc1-c1ccccc1)NC. The molecule has 0 spiro atoms. The lowest BCUT2D eigenvalue weighted by atomic mass is 10.2. The predicted octanol–water partition coefficient (Wildman–Crippen LogP) is 2.55. The minimum Gasteiger partial charge on any atom is -0.329 e. The summed E-state index contributed by atoms with van der Waals surface area (Å²) in [5, 5.41) is 3.32. The number of benzene rings is 1. The van der Waals surface area contributed by atoms with Crippen LogP contribution in [-0.2, 0) is 6.54 Å². The van der Waals surface area contributed by atoms with Gasteiger partial charge in [0.2, 0.25) is 0 Å². The Morgan fingerprint density at radius 1 is 1.29 bits per heavy atom. The van der Waals surface area contributed by atoms with Crippen LogP contribution in [0, 0.1) is 0 Å². The number of hydrogen-bond donors (Lipinski definition) is 1. The quantitative estimate of drug-likeness (QED) is 0.854. The van der Waals surface area contributed by atoms with Gasteiger partial charge < -0.3 is 9.88 Å². The van der Waals surface area contributed by atoms with Crippen molar-refractivity contribution in [3.63, 3.8) is 0 Å². The van der Waals surface area contributed by atoms with Crippen molar-refractivity contribution < 1.29 is 0 Å². The molecule has 0 fully saturated rings. The van der Waals surface area contributed by atoms with Crippen LogP contribution in [0.4, 0.5) is 0 Å². The van der Waals surface area contributed by atoms with Crippen molar-refractivity contribution in [3.8, 4) is 11.4 Å². The highest BCUT2D eigenvalue weighted by Crippen LogP contribution is 2.17. The molecular weight excluding hydrogens is 210 g/mol. The van der Waals surface area contributed by atoms with Crippen LogP contribution in [0.3, 0.4) is 0 Å². The van der Waals surface area contributed by atoms with Crippen molar-refractivity contribution in [1.29, 1.82) is 0 Å². The molecule has 0 saturated heterocycles. The van der Waals surface area contributed by atoms with E-state index in [0.29, 0.717) is 6.04 Å². The maximum atomic E-state index is 4.44. The molecular formula is C14H19N3. The van der Waals surface area contributed by atoms with E-state index in [-0.39, 0.29) is 0 Å². The van der Waals surface area contributed by atoms with Gasteiger partial charge in [0, 0.05) is 30.5 Å². The van der Waals surface area contributed by atoms with Gasteiger partial charge in [-0.15, -0.1) is 0 Å². The Kier molecular flexibility index (Phi) is 3.94. The maximum Gasteiger partial charge on any atom is 0.139 e. The summed E-state index contributed by atoms with van der Waals surface area (Å²) in [4.78, 5) is 4.44. The molecule has 1 atom stereocenters. The average molecular weight is 229 g/mol. The van der Waals surface area contributed by atoms with Gasteiger partial charge in [-0.1, -0.05) is 37.3 Å². The standard InChI is InChI=1S/C14H19N3/c1-3-13(15-2)11-17-10-9-16-14(17)12-7-5-4-6-8-12/h4-10,13,15H,3,11H2,1-2H3. The van der Waals surface area contributed by atoms with Gasteiger partial charge in [-0.3, -0.25) is 0 Å². The number of rotatable bonds is 5. The lowest BCUT2D eigenvalue weighted by Crippen LogP contribution is -2.29. The highest BCUT2D eigenvalue weighted by Gasteiger charge is 2.09. The second kappa shape index (κ2) is 5.64. The van der Waals surface area contributed by atoms with E-state index in [0.717, 1.165) is 18.8 Å². The third-order valence-corrected chi connectivity index (χ3v) is 3.07. The highest BCUT2D eigenvalue weighted by atomic mass is 15.1. The molecule has 90 valence electrons. The zero-order valence-electron chi connectivity index (χ0n) is 10.4. The zero-order chi connectivity index (χ0) is 12.1. The lowest BCUT2D eigenvalue weighted by Gasteiger charge is -2.16. The summed E-state index contributed by atoms with van der Waals surface area (Å²) >= 11 is 0. The fourth-order valence-corrected chi connectivity index (χ4v) is 1.97. The Bertz CT molecular complexity index is 444. The minimum absolute atomic E-state index is 0.492. The molecule has 3 heteroatoms. The second-order valence-electron chi connectivity index (χ2n) is 4.16. The number of likely N-dealkylation sites (N-methyl/N-ethyl adjacent to an activating group) is 1. The van der Waals surface area contributed by atoms with Crippen molar-refractivity contribution in [2.75, 3.05) is 7.05 Å². The van der Waals surface area contributed by atoms with E-state index in [9.17, 15) is 0 Å². The smallest absolute Gasteiger partial charge is 0.139 e. The summed E-state index contributed by atoms with van der Waals surface area (Å²) in [7, 11) is 2.01. The van der Waals surface area contributed by atoms with Gasteiger partial charge in [-0.2, -0.15) is 0 Å². The number of imidazole rings is 1. The summed E-state index contributed by atoms with van der Waals surface area (Å²) in [6.45, 7) is 3.15. The molecule has 1 N–H and O–H groups in total. The van der Waals surface area contributed by atoms with Crippen LogP contribution in [0.25, 0.3) is 11.4 Å². The summed E-state index contributed by atoms with van der Waals surface area (Å²) < 4.78 is 2.21. The molecule has 1 aromatic carbocycles. The minimum atomic E-state index is 0.492. The van der Waals surface area contributed by atoms with Crippen LogP contribution in [0.5, 0.6) is 0 Å². The van der Waals surface area contributed by atoms with Crippen molar-refractivity contribution in [3.05, 3.63) is 42.7 Å². The second-order valence-corrected chi connectivity index (χ2v) is 4.16. The van der Waals surface area contributed by atoms with Gasteiger partial charge >= 0.3 is 0 Å². The van der Waals surface area contributed by atoms with Gasteiger partial charge in [0.1, 0.15) is 5.82 Å². The van der Waals surface area contributed by atoms with E-state index in [4.69, 9.17) is 0 Å². The van der Waals surface area contributed by atoms with E-state index in [1.165, 1.54) is 5.56 Å². The summed E-state index contributed by atoms with van der Waals surface area (Å²) in [6.07, 6.45) is 5.02. The molecule has 1 heterocycles. The van der Waals surface area contributed by atoms with Crippen LogP contribution in [-0.4, -0.2) is 22.6 Å². The number of aromatic nitrogens is 2. The summed E-state index contributed by atoms with van der Waals surface area (Å²) in [5.74, 6) is 1.04. The van der Waals surface area contributed by atoms with E-state index in [2.05, 4.69) is 33.9 Å². The third-order valence-electron chi connectivity index (χ3n) is 3.07. The molecule has 17 heavy (non-hydrogen) atoms. The summed E-state index contributed by atoms with van der Waals surface area (Å²) in [5.41, 5.74) is 1.17. The Hall–Kier alpha value is -1.61. The highest BCUT2D eigenvalue weighted by molar-refractivity contribution is 5.55. The Morgan fingerprint density at radius 3 is 2.71 bits per heavy atom. The molecule has 0 radical (unpaired) electrons. The summed E-state index contributed by atoms with van der Waals surface area (Å²) in [6, 6.07) is 10.8. The van der Waals surface area contributed by atoms with Crippen LogP contribution in [0.2, 0.25) is 0 Å². The van der Waals surface area contributed by atoms with Crippen molar-refractivity contribution >= 4 is 0 Å². The monoisotopic (exact) mass is 229 g/mol. The maximum absolute atomic E-state index is 4.44. The normalized spacial score (nSPS) is 12.6. The topological polar surface area (TPSA) is 29.9 Å². The van der Waals surface area contributed by atoms with Crippen molar-refractivity contribution in [2.24, 2.45) is 0 Å². The number of nitrogens with one attached hydrogen (secondary N) is 1. The molecule has 2 rings (SSSR count). The van der Waals surface area contributed by atoms with Gasteiger partial charge in [-0.05, 0) is 13.5 Å². The Balaban J connectivity index is 2.23. The number of hydrogen-bond acceptors (Lipinski definition) is 2. The molecule has 2 aromatic rings. The first-order valence-corrected chi connectivity index (χ1v) is 6.09. The molecule has 0 aliphatic heterocycles. The van der Waals surface area contributed by atoms with Crippen LogP contribution >= 0.6 is 0 Å². The third kappa shape index (κ3) is 2.74. The predicted molar refractivity (Wildman–Crippen MR) is 70.8 cm³/mol. The first-order valence-electron chi connectivity index (χ1n) is 6.09. The van der Waals surface area contributed by atoms with Gasteiger partial charge in [0.15, 0.2) is 0 Å². The Labute approximate surface area is 103 Å². The first-order chi connectivity index (χ1) is 8.35. The zero-order valence-corrected chi connectivity index (χ0v) is 10.4.